The van der Waals surface area contributed by atoms with E-state index in [1.807, 2.05) is 18.2 Å². The predicted molar refractivity (Wildman–Crippen MR) is 89.3 cm³/mol. The topological polar surface area (TPSA) is 117 Å². The SMILES string of the molecule is Nc1nc(N)nc(COc2ccc(C(=O)c3ccccc3)cc2)n1. The first kappa shape index (κ1) is 15.4. The lowest BCUT2D eigenvalue weighted by Crippen LogP contribution is -2.09. The molecule has 3 aromatic rings. The molecule has 0 aliphatic rings. The molecule has 1 aromatic heterocycles. The van der Waals surface area contributed by atoms with Crippen LogP contribution in [0.1, 0.15) is 21.7 Å². The Bertz CT molecular complexity index is 830. The fourth-order valence-corrected chi connectivity index (χ4v) is 2.13. The summed E-state index contributed by atoms with van der Waals surface area (Å²) in [6.45, 7) is 0.100. The van der Waals surface area contributed by atoms with Crippen LogP contribution in [0.5, 0.6) is 5.75 Å². The second kappa shape index (κ2) is 6.74. The summed E-state index contributed by atoms with van der Waals surface area (Å²) in [5, 5.41) is 0. The first-order valence-corrected chi connectivity index (χ1v) is 7.20. The van der Waals surface area contributed by atoms with Crippen LogP contribution >= 0.6 is 0 Å². The Balaban J connectivity index is 1.67. The molecule has 1 heterocycles. The van der Waals surface area contributed by atoms with E-state index in [1.54, 1.807) is 36.4 Å². The van der Waals surface area contributed by atoms with Gasteiger partial charge in [0, 0.05) is 11.1 Å². The Morgan fingerprint density at radius 2 is 1.42 bits per heavy atom. The monoisotopic (exact) mass is 321 g/mol. The second-order valence-electron chi connectivity index (χ2n) is 4.98. The molecule has 4 N–H and O–H groups in total. The minimum atomic E-state index is -0.0415. The maximum absolute atomic E-state index is 12.3. The van der Waals surface area contributed by atoms with Crippen molar-refractivity contribution in [2.75, 3.05) is 11.5 Å². The Morgan fingerprint density at radius 3 is 2.04 bits per heavy atom. The van der Waals surface area contributed by atoms with Crippen molar-refractivity contribution in [2.24, 2.45) is 0 Å². The minimum absolute atomic E-state index is 0.0415. The lowest BCUT2D eigenvalue weighted by Gasteiger charge is -2.07. The van der Waals surface area contributed by atoms with E-state index in [1.165, 1.54) is 0 Å². The second-order valence-corrected chi connectivity index (χ2v) is 4.98. The zero-order chi connectivity index (χ0) is 16.9. The number of carbonyl (C=O) groups is 1. The molecule has 0 aliphatic heterocycles. The third kappa shape index (κ3) is 3.64. The minimum Gasteiger partial charge on any atom is -0.486 e. The van der Waals surface area contributed by atoms with Crippen molar-refractivity contribution in [3.63, 3.8) is 0 Å². The highest BCUT2D eigenvalue weighted by molar-refractivity contribution is 6.08. The Labute approximate surface area is 138 Å². The number of hydrogen-bond acceptors (Lipinski definition) is 7. The lowest BCUT2D eigenvalue weighted by atomic mass is 10.0. The smallest absolute Gasteiger partial charge is 0.225 e. The summed E-state index contributed by atoms with van der Waals surface area (Å²) in [6, 6.07) is 15.9. The molecule has 0 radical (unpaired) electrons. The summed E-state index contributed by atoms with van der Waals surface area (Å²) in [5.74, 6) is 0.969. The highest BCUT2D eigenvalue weighted by atomic mass is 16.5. The van der Waals surface area contributed by atoms with Gasteiger partial charge in [0.25, 0.3) is 0 Å². The number of rotatable bonds is 5. The molecule has 24 heavy (non-hydrogen) atoms. The van der Waals surface area contributed by atoms with E-state index in [0.29, 0.717) is 22.7 Å². The van der Waals surface area contributed by atoms with Crippen LogP contribution in [0, 0.1) is 0 Å². The van der Waals surface area contributed by atoms with Gasteiger partial charge in [0.15, 0.2) is 11.6 Å². The molecule has 0 atom stereocenters. The van der Waals surface area contributed by atoms with Gasteiger partial charge in [-0.2, -0.15) is 15.0 Å². The maximum atomic E-state index is 12.3. The number of benzene rings is 2. The van der Waals surface area contributed by atoms with Crippen molar-refractivity contribution in [3.05, 3.63) is 71.5 Å². The van der Waals surface area contributed by atoms with Crippen molar-refractivity contribution < 1.29 is 9.53 Å². The average molecular weight is 321 g/mol. The molecule has 7 nitrogen and oxygen atoms in total. The summed E-state index contributed by atoms with van der Waals surface area (Å²) in [5.41, 5.74) is 12.2. The first-order valence-electron chi connectivity index (χ1n) is 7.20. The van der Waals surface area contributed by atoms with E-state index >= 15 is 0 Å². The number of carbonyl (C=O) groups excluding carboxylic acids is 1. The number of nitrogens with two attached hydrogens (primary N) is 2. The van der Waals surface area contributed by atoms with Crippen LogP contribution in [-0.2, 0) is 6.61 Å². The van der Waals surface area contributed by atoms with Crippen molar-refractivity contribution >= 4 is 17.7 Å². The van der Waals surface area contributed by atoms with Gasteiger partial charge >= 0.3 is 0 Å². The number of nitrogen functional groups attached to an aromatic ring is 2. The van der Waals surface area contributed by atoms with Crippen LogP contribution in [0.2, 0.25) is 0 Å². The van der Waals surface area contributed by atoms with Crippen LogP contribution in [0.15, 0.2) is 54.6 Å². The zero-order valence-corrected chi connectivity index (χ0v) is 12.7. The molecule has 2 aromatic carbocycles. The van der Waals surface area contributed by atoms with Crippen molar-refractivity contribution in [3.8, 4) is 5.75 Å². The maximum Gasteiger partial charge on any atom is 0.225 e. The largest absolute Gasteiger partial charge is 0.486 e. The predicted octanol–water partition coefficient (Wildman–Crippen LogP) is 1.85. The van der Waals surface area contributed by atoms with Crippen molar-refractivity contribution in [1.29, 1.82) is 0 Å². The fourth-order valence-electron chi connectivity index (χ4n) is 2.13. The Kier molecular flexibility index (Phi) is 4.33. The van der Waals surface area contributed by atoms with Crippen LogP contribution in [-0.4, -0.2) is 20.7 Å². The van der Waals surface area contributed by atoms with Gasteiger partial charge < -0.3 is 16.2 Å². The average Bonchev–Trinajstić information content (AvgIpc) is 2.60. The van der Waals surface area contributed by atoms with Gasteiger partial charge in [-0.3, -0.25) is 4.79 Å². The van der Waals surface area contributed by atoms with E-state index in [0.717, 1.165) is 0 Å². The number of ketones is 1. The molecule has 0 bridgehead atoms. The van der Waals surface area contributed by atoms with Crippen LogP contribution in [0.3, 0.4) is 0 Å². The summed E-state index contributed by atoms with van der Waals surface area (Å²) < 4.78 is 5.57. The van der Waals surface area contributed by atoms with Gasteiger partial charge in [-0.15, -0.1) is 0 Å². The number of ether oxygens (including phenoxy) is 1. The standard InChI is InChI=1S/C17H15N5O2/c18-16-20-14(21-17(19)22-16)10-24-13-8-6-12(7-9-13)15(23)11-4-2-1-3-5-11/h1-9H,10H2,(H4,18,19,20,21,22). The Morgan fingerprint density at radius 1 is 0.833 bits per heavy atom. The van der Waals surface area contributed by atoms with E-state index in [9.17, 15) is 4.79 Å². The van der Waals surface area contributed by atoms with Gasteiger partial charge in [-0.05, 0) is 24.3 Å². The quantitative estimate of drug-likeness (QED) is 0.688. The molecule has 0 unspecified atom stereocenters. The Hall–Kier alpha value is -3.48. The summed E-state index contributed by atoms with van der Waals surface area (Å²) in [6.07, 6.45) is 0. The third-order valence-electron chi connectivity index (χ3n) is 3.24. The summed E-state index contributed by atoms with van der Waals surface area (Å²) in [4.78, 5) is 23.9. The van der Waals surface area contributed by atoms with Gasteiger partial charge in [-0.1, -0.05) is 30.3 Å². The number of hydrogen-bond donors (Lipinski definition) is 2. The molecular weight excluding hydrogens is 306 g/mol. The van der Waals surface area contributed by atoms with E-state index in [4.69, 9.17) is 16.2 Å². The van der Waals surface area contributed by atoms with E-state index in [2.05, 4.69) is 15.0 Å². The highest BCUT2D eigenvalue weighted by Crippen LogP contribution is 2.16. The van der Waals surface area contributed by atoms with Crippen molar-refractivity contribution in [1.82, 2.24) is 15.0 Å². The summed E-state index contributed by atoms with van der Waals surface area (Å²) in [7, 11) is 0. The number of aromatic nitrogens is 3. The highest BCUT2D eigenvalue weighted by Gasteiger charge is 2.09. The fraction of sp³-hybridized carbons (Fsp3) is 0.0588. The number of anilines is 2. The molecule has 120 valence electrons. The van der Waals surface area contributed by atoms with Gasteiger partial charge in [0.1, 0.15) is 12.4 Å². The lowest BCUT2D eigenvalue weighted by molar-refractivity contribution is 0.103. The van der Waals surface area contributed by atoms with Crippen LogP contribution in [0.4, 0.5) is 11.9 Å². The molecule has 7 heteroatoms. The van der Waals surface area contributed by atoms with Gasteiger partial charge in [0.2, 0.25) is 11.9 Å². The molecule has 0 spiro atoms. The molecule has 0 amide bonds. The van der Waals surface area contributed by atoms with E-state index < -0.39 is 0 Å². The van der Waals surface area contributed by atoms with Gasteiger partial charge in [0.05, 0.1) is 0 Å². The third-order valence-corrected chi connectivity index (χ3v) is 3.24. The number of nitrogens with zero attached hydrogens (tertiary/aromatic N) is 3. The molecule has 0 saturated carbocycles. The van der Waals surface area contributed by atoms with Crippen LogP contribution < -0.4 is 16.2 Å². The molecular formula is C17H15N5O2. The van der Waals surface area contributed by atoms with Crippen molar-refractivity contribution in [2.45, 2.75) is 6.61 Å². The molecule has 3 rings (SSSR count). The van der Waals surface area contributed by atoms with Gasteiger partial charge in [-0.25, -0.2) is 0 Å². The molecule has 0 fully saturated rings. The summed E-state index contributed by atoms with van der Waals surface area (Å²) >= 11 is 0. The molecule has 0 saturated heterocycles. The van der Waals surface area contributed by atoms with E-state index in [-0.39, 0.29) is 24.3 Å². The molecule has 0 aliphatic carbocycles. The normalized spacial score (nSPS) is 10.3. The van der Waals surface area contributed by atoms with Crippen LogP contribution in [0.25, 0.3) is 0 Å². The zero-order valence-electron chi connectivity index (χ0n) is 12.7. The first-order chi connectivity index (χ1) is 11.6.